The summed E-state index contributed by atoms with van der Waals surface area (Å²) in [6.07, 6.45) is 0.940. The molecule has 0 saturated carbocycles. The van der Waals surface area contributed by atoms with Crippen LogP contribution in [0.4, 0.5) is 0 Å². The highest BCUT2D eigenvalue weighted by atomic mass is 32.2. The molecule has 2 rings (SSSR count). The molecule has 4 nitrogen and oxygen atoms in total. The van der Waals surface area contributed by atoms with Gasteiger partial charge in [-0.3, -0.25) is 0 Å². The van der Waals surface area contributed by atoms with Gasteiger partial charge in [-0.2, -0.15) is 4.31 Å². The predicted octanol–water partition coefficient (Wildman–Crippen LogP) is 1.82. The molecule has 5 heteroatoms. The van der Waals surface area contributed by atoms with Gasteiger partial charge in [-0.1, -0.05) is 19.1 Å². The lowest BCUT2D eigenvalue weighted by atomic mass is 10.1. The first kappa shape index (κ1) is 14.5. The SMILES string of the molecule is CNCc1cccc(S(=O)(=O)N2CC(C)CC2C)c1. The second-order valence-electron chi connectivity index (χ2n) is 5.44. The standard InChI is InChI=1S/C14H22N2O2S/c1-11-7-12(2)16(10-11)19(17,18)14-6-4-5-13(8-14)9-15-3/h4-6,8,11-12,15H,7,9-10H2,1-3H3. The van der Waals surface area contributed by atoms with Gasteiger partial charge in [0, 0.05) is 19.1 Å². The van der Waals surface area contributed by atoms with Gasteiger partial charge in [0.2, 0.25) is 10.0 Å². The Morgan fingerprint density at radius 1 is 1.37 bits per heavy atom. The van der Waals surface area contributed by atoms with E-state index in [4.69, 9.17) is 0 Å². The van der Waals surface area contributed by atoms with Crippen LogP contribution in [-0.4, -0.2) is 32.4 Å². The molecule has 0 aliphatic carbocycles. The van der Waals surface area contributed by atoms with Crippen molar-refractivity contribution in [2.75, 3.05) is 13.6 Å². The molecule has 0 aromatic heterocycles. The van der Waals surface area contributed by atoms with Crippen LogP contribution in [0.5, 0.6) is 0 Å². The zero-order valence-corrected chi connectivity index (χ0v) is 12.6. The zero-order valence-electron chi connectivity index (χ0n) is 11.8. The Balaban J connectivity index is 2.31. The highest BCUT2D eigenvalue weighted by Gasteiger charge is 2.35. The normalized spacial score (nSPS) is 24.8. The summed E-state index contributed by atoms with van der Waals surface area (Å²) >= 11 is 0. The molecule has 2 unspecified atom stereocenters. The molecule has 0 amide bonds. The molecule has 0 radical (unpaired) electrons. The average Bonchev–Trinajstić information content (AvgIpc) is 2.70. The van der Waals surface area contributed by atoms with Crippen LogP contribution in [0, 0.1) is 5.92 Å². The Morgan fingerprint density at radius 3 is 2.68 bits per heavy atom. The van der Waals surface area contributed by atoms with E-state index in [0.717, 1.165) is 12.0 Å². The summed E-state index contributed by atoms with van der Waals surface area (Å²) in [7, 11) is -1.50. The van der Waals surface area contributed by atoms with Crippen LogP contribution in [0.25, 0.3) is 0 Å². The number of nitrogens with one attached hydrogen (secondary N) is 1. The van der Waals surface area contributed by atoms with Gasteiger partial charge < -0.3 is 5.32 Å². The zero-order chi connectivity index (χ0) is 14.0. The third kappa shape index (κ3) is 2.99. The lowest BCUT2D eigenvalue weighted by Crippen LogP contribution is -2.34. The molecule has 106 valence electrons. The third-order valence-electron chi connectivity index (χ3n) is 3.61. The molecule has 19 heavy (non-hydrogen) atoms. The van der Waals surface area contributed by atoms with E-state index in [2.05, 4.69) is 12.2 Å². The van der Waals surface area contributed by atoms with Crippen LogP contribution in [0.3, 0.4) is 0 Å². The summed E-state index contributed by atoms with van der Waals surface area (Å²) in [6, 6.07) is 7.29. The highest BCUT2D eigenvalue weighted by molar-refractivity contribution is 7.89. The largest absolute Gasteiger partial charge is 0.316 e. The maximum atomic E-state index is 12.7. The van der Waals surface area contributed by atoms with Crippen molar-refractivity contribution in [1.82, 2.24) is 9.62 Å². The van der Waals surface area contributed by atoms with Crippen molar-refractivity contribution >= 4 is 10.0 Å². The molecular formula is C14H22N2O2S. The van der Waals surface area contributed by atoms with Crippen molar-refractivity contribution in [3.63, 3.8) is 0 Å². The van der Waals surface area contributed by atoms with Crippen LogP contribution in [0.15, 0.2) is 29.2 Å². The van der Waals surface area contributed by atoms with Crippen LogP contribution >= 0.6 is 0 Å². The molecule has 1 N–H and O–H groups in total. The number of nitrogens with zero attached hydrogens (tertiary/aromatic N) is 1. The minimum atomic E-state index is -3.36. The lowest BCUT2D eigenvalue weighted by Gasteiger charge is -2.21. The molecule has 1 aliphatic heterocycles. The summed E-state index contributed by atoms with van der Waals surface area (Å²) in [6.45, 7) is 5.39. The van der Waals surface area contributed by atoms with Gasteiger partial charge in [-0.25, -0.2) is 8.42 Å². The van der Waals surface area contributed by atoms with Gasteiger partial charge in [0.15, 0.2) is 0 Å². The van der Waals surface area contributed by atoms with Gasteiger partial charge >= 0.3 is 0 Å². The second-order valence-corrected chi connectivity index (χ2v) is 7.33. The summed E-state index contributed by atoms with van der Waals surface area (Å²) in [5.41, 5.74) is 0.989. The number of hydrogen-bond donors (Lipinski definition) is 1. The Labute approximate surface area is 115 Å². The molecular weight excluding hydrogens is 260 g/mol. The summed E-state index contributed by atoms with van der Waals surface area (Å²) in [5, 5.41) is 3.04. The highest BCUT2D eigenvalue weighted by Crippen LogP contribution is 2.29. The van der Waals surface area contributed by atoms with Crippen molar-refractivity contribution in [2.45, 2.75) is 37.8 Å². The fourth-order valence-electron chi connectivity index (χ4n) is 2.75. The maximum absolute atomic E-state index is 12.7. The van der Waals surface area contributed by atoms with Crippen molar-refractivity contribution < 1.29 is 8.42 Å². The van der Waals surface area contributed by atoms with Gasteiger partial charge in [0.1, 0.15) is 0 Å². The Kier molecular flexibility index (Phi) is 4.28. The number of rotatable bonds is 4. The van der Waals surface area contributed by atoms with Crippen LogP contribution in [-0.2, 0) is 16.6 Å². The molecule has 0 bridgehead atoms. The van der Waals surface area contributed by atoms with E-state index >= 15 is 0 Å². The Morgan fingerprint density at radius 2 is 2.11 bits per heavy atom. The van der Waals surface area contributed by atoms with E-state index in [1.165, 1.54) is 0 Å². The Bertz CT molecular complexity index is 542. The molecule has 2 atom stereocenters. The molecule has 1 aromatic rings. The maximum Gasteiger partial charge on any atom is 0.243 e. The van der Waals surface area contributed by atoms with E-state index in [0.29, 0.717) is 23.9 Å². The van der Waals surface area contributed by atoms with Crippen molar-refractivity contribution in [3.8, 4) is 0 Å². The minimum absolute atomic E-state index is 0.0907. The first-order valence-corrected chi connectivity index (χ1v) is 8.14. The van der Waals surface area contributed by atoms with E-state index in [-0.39, 0.29) is 6.04 Å². The van der Waals surface area contributed by atoms with E-state index in [1.54, 1.807) is 16.4 Å². The molecule has 1 heterocycles. The Hall–Kier alpha value is -0.910. The van der Waals surface area contributed by atoms with Crippen molar-refractivity contribution in [1.29, 1.82) is 0 Å². The molecule has 1 saturated heterocycles. The second kappa shape index (κ2) is 5.61. The summed E-state index contributed by atoms with van der Waals surface area (Å²) < 4.78 is 26.9. The number of benzene rings is 1. The quantitative estimate of drug-likeness (QED) is 0.916. The first-order valence-electron chi connectivity index (χ1n) is 6.70. The summed E-state index contributed by atoms with van der Waals surface area (Å²) in [5.74, 6) is 0.435. The van der Waals surface area contributed by atoms with Gasteiger partial charge in [0.25, 0.3) is 0 Å². The predicted molar refractivity (Wildman–Crippen MR) is 76.3 cm³/mol. The average molecular weight is 282 g/mol. The van der Waals surface area contributed by atoms with Gasteiger partial charge in [0.05, 0.1) is 4.90 Å². The minimum Gasteiger partial charge on any atom is -0.316 e. The van der Waals surface area contributed by atoms with Crippen LogP contribution in [0.2, 0.25) is 0 Å². The van der Waals surface area contributed by atoms with Crippen molar-refractivity contribution in [2.24, 2.45) is 5.92 Å². The molecule has 0 spiro atoms. The van der Waals surface area contributed by atoms with E-state index in [1.807, 2.05) is 26.1 Å². The molecule has 1 fully saturated rings. The lowest BCUT2D eigenvalue weighted by molar-refractivity contribution is 0.405. The van der Waals surface area contributed by atoms with E-state index in [9.17, 15) is 8.42 Å². The molecule has 1 aromatic carbocycles. The molecule has 1 aliphatic rings. The van der Waals surface area contributed by atoms with E-state index < -0.39 is 10.0 Å². The number of hydrogen-bond acceptors (Lipinski definition) is 3. The smallest absolute Gasteiger partial charge is 0.243 e. The fraction of sp³-hybridized carbons (Fsp3) is 0.571. The topological polar surface area (TPSA) is 49.4 Å². The first-order chi connectivity index (χ1) is 8.95. The summed E-state index contributed by atoms with van der Waals surface area (Å²) in [4.78, 5) is 0.404. The third-order valence-corrected chi connectivity index (χ3v) is 5.59. The monoisotopic (exact) mass is 282 g/mol. The van der Waals surface area contributed by atoms with Gasteiger partial charge in [-0.05, 0) is 44.0 Å². The number of sulfonamides is 1. The van der Waals surface area contributed by atoms with Crippen LogP contribution < -0.4 is 5.32 Å². The van der Waals surface area contributed by atoms with Crippen LogP contribution in [0.1, 0.15) is 25.8 Å². The fourth-order valence-corrected chi connectivity index (χ4v) is 4.58. The van der Waals surface area contributed by atoms with Gasteiger partial charge in [-0.15, -0.1) is 0 Å². The van der Waals surface area contributed by atoms with Crippen molar-refractivity contribution in [3.05, 3.63) is 29.8 Å².